The van der Waals surface area contributed by atoms with E-state index in [1.807, 2.05) is 24.3 Å². The lowest BCUT2D eigenvalue weighted by atomic mass is 10.1. The minimum absolute atomic E-state index is 0.311. The molecule has 1 aliphatic rings. The number of carbonyl (C=O) groups is 2. The Labute approximate surface area is 179 Å². The van der Waals surface area contributed by atoms with Crippen molar-refractivity contribution in [3.8, 4) is 0 Å². The van der Waals surface area contributed by atoms with Crippen molar-refractivity contribution in [2.75, 3.05) is 29.9 Å². The van der Waals surface area contributed by atoms with Gasteiger partial charge in [0.1, 0.15) is 6.54 Å². The maximum atomic E-state index is 12.4. The van der Waals surface area contributed by atoms with Crippen molar-refractivity contribution in [1.82, 2.24) is 9.55 Å². The molecule has 1 fully saturated rings. The predicted molar refractivity (Wildman–Crippen MR) is 118 cm³/mol. The first-order valence-corrected chi connectivity index (χ1v) is 10.3. The van der Waals surface area contributed by atoms with Gasteiger partial charge >= 0.3 is 5.97 Å². The molecule has 0 radical (unpaired) electrons. The quantitative estimate of drug-likeness (QED) is 0.616. The first-order chi connectivity index (χ1) is 15.1. The van der Waals surface area contributed by atoms with Crippen molar-refractivity contribution >= 4 is 34.2 Å². The summed E-state index contributed by atoms with van der Waals surface area (Å²) in [4.78, 5) is 43.1. The number of esters is 1. The van der Waals surface area contributed by atoms with Crippen LogP contribution in [0.4, 0.5) is 11.4 Å². The minimum atomic E-state index is -0.685. The number of amides is 1. The van der Waals surface area contributed by atoms with Crippen molar-refractivity contribution in [2.45, 2.75) is 25.8 Å². The van der Waals surface area contributed by atoms with Gasteiger partial charge in [0, 0.05) is 24.5 Å². The van der Waals surface area contributed by atoms with Gasteiger partial charge < -0.3 is 15.0 Å². The van der Waals surface area contributed by atoms with E-state index >= 15 is 0 Å². The second kappa shape index (κ2) is 9.42. The summed E-state index contributed by atoms with van der Waals surface area (Å²) in [7, 11) is 0. The smallest absolute Gasteiger partial charge is 0.326 e. The van der Waals surface area contributed by atoms with Gasteiger partial charge in [-0.25, -0.2) is 4.98 Å². The van der Waals surface area contributed by atoms with Crippen LogP contribution in [0.25, 0.3) is 10.9 Å². The number of fused-ring (bicyclic) bond motifs is 1. The molecule has 8 nitrogen and oxygen atoms in total. The molecule has 1 amide bonds. The van der Waals surface area contributed by atoms with Crippen LogP contribution in [0.15, 0.2) is 59.7 Å². The predicted octanol–water partition coefficient (Wildman–Crippen LogP) is 2.57. The molecular weight excluding hydrogens is 396 g/mol. The molecule has 4 rings (SSSR count). The topological polar surface area (TPSA) is 93.5 Å². The van der Waals surface area contributed by atoms with Crippen LogP contribution in [-0.2, 0) is 20.9 Å². The summed E-state index contributed by atoms with van der Waals surface area (Å²) < 4.78 is 6.19. The average Bonchev–Trinajstić information content (AvgIpc) is 2.81. The number of piperidine rings is 1. The van der Waals surface area contributed by atoms with Crippen LogP contribution >= 0.6 is 0 Å². The number of hydrogen-bond donors (Lipinski definition) is 1. The number of para-hydroxylation sites is 1. The Balaban J connectivity index is 1.28. The molecule has 0 unspecified atom stereocenters. The number of anilines is 2. The molecule has 2 aromatic carbocycles. The Morgan fingerprint density at radius 2 is 1.74 bits per heavy atom. The zero-order valence-electron chi connectivity index (χ0n) is 17.1. The van der Waals surface area contributed by atoms with Gasteiger partial charge in [0.15, 0.2) is 6.61 Å². The molecule has 0 atom stereocenters. The molecule has 8 heteroatoms. The van der Waals surface area contributed by atoms with Crippen molar-refractivity contribution in [1.29, 1.82) is 0 Å². The number of aromatic nitrogens is 2. The molecule has 1 aromatic heterocycles. The fraction of sp³-hybridized carbons (Fsp3) is 0.304. The number of carbonyl (C=O) groups excluding carboxylic acids is 2. The van der Waals surface area contributed by atoms with E-state index < -0.39 is 18.5 Å². The Hall–Kier alpha value is -3.68. The van der Waals surface area contributed by atoms with Crippen LogP contribution in [0.3, 0.4) is 0 Å². The lowest BCUT2D eigenvalue weighted by Gasteiger charge is -2.28. The lowest BCUT2D eigenvalue weighted by molar-refractivity contribution is -0.147. The molecule has 0 bridgehead atoms. The highest BCUT2D eigenvalue weighted by atomic mass is 16.5. The molecule has 3 aromatic rings. The molecule has 2 heterocycles. The molecule has 1 N–H and O–H groups in total. The fourth-order valence-electron chi connectivity index (χ4n) is 3.65. The second-order valence-electron chi connectivity index (χ2n) is 7.50. The van der Waals surface area contributed by atoms with E-state index in [1.165, 1.54) is 30.2 Å². The summed E-state index contributed by atoms with van der Waals surface area (Å²) >= 11 is 0. The highest BCUT2D eigenvalue weighted by Crippen LogP contribution is 2.21. The largest absolute Gasteiger partial charge is 0.454 e. The lowest BCUT2D eigenvalue weighted by Crippen LogP contribution is -2.29. The van der Waals surface area contributed by atoms with Gasteiger partial charge in [0.05, 0.1) is 17.2 Å². The maximum Gasteiger partial charge on any atom is 0.326 e. The Kier molecular flexibility index (Phi) is 6.26. The van der Waals surface area contributed by atoms with Gasteiger partial charge in [0.2, 0.25) is 0 Å². The van der Waals surface area contributed by atoms with Crippen LogP contribution in [0, 0.1) is 0 Å². The standard InChI is InChI=1S/C23H24N4O4/c28-21(25-17-8-10-18(11-9-17)26-12-4-1-5-13-26)15-31-22(29)14-27-16-24-20-7-3-2-6-19(20)23(27)30/h2-3,6-11,16H,1,4-5,12-15H2,(H,25,28). The van der Waals surface area contributed by atoms with Gasteiger partial charge in [-0.3, -0.25) is 19.0 Å². The molecule has 1 aliphatic heterocycles. The monoisotopic (exact) mass is 420 g/mol. The van der Waals surface area contributed by atoms with Gasteiger partial charge in [-0.15, -0.1) is 0 Å². The minimum Gasteiger partial charge on any atom is -0.454 e. The molecule has 160 valence electrons. The summed E-state index contributed by atoms with van der Waals surface area (Å²) in [5.41, 5.74) is 2.00. The summed E-state index contributed by atoms with van der Waals surface area (Å²) in [6.07, 6.45) is 4.97. The average molecular weight is 420 g/mol. The fourth-order valence-corrected chi connectivity index (χ4v) is 3.65. The molecule has 1 saturated heterocycles. The van der Waals surface area contributed by atoms with E-state index in [0.717, 1.165) is 18.8 Å². The normalized spacial score (nSPS) is 13.7. The number of nitrogens with one attached hydrogen (secondary N) is 1. The second-order valence-corrected chi connectivity index (χ2v) is 7.50. The third kappa shape index (κ3) is 5.09. The van der Waals surface area contributed by atoms with Gasteiger partial charge in [-0.05, 0) is 55.7 Å². The Morgan fingerprint density at radius 1 is 1.00 bits per heavy atom. The van der Waals surface area contributed by atoms with Gasteiger partial charge in [0.25, 0.3) is 11.5 Å². The zero-order valence-corrected chi connectivity index (χ0v) is 17.1. The molecular formula is C23H24N4O4. The van der Waals surface area contributed by atoms with Crippen LogP contribution in [0.1, 0.15) is 19.3 Å². The number of hydrogen-bond acceptors (Lipinski definition) is 6. The maximum absolute atomic E-state index is 12.4. The van der Waals surface area contributed by atoms with E-state index in [0.29, 0.717) is 16.6 Å². The zero-order chi connectivity index (χ0) is 21.6. The first kappa shape index (κ1) is 20.6. The van der Waals surface area contributed by atoms with E-state index in [9.17, 15) is 14.4 Å². The van der Waals surface area contributed by atoms with E-state index in [1.54, 1.807) is 24.3 Å². The van der Waals surface area contributed by atoms with Crippen molar-refractivity contribution in [2.24, 2.45) is 0 Å². The van der Waals surface area contributed by atoms with E-state index in [4.69, 9.17) is 4.74 Å². The molecule has 0 spiro atoms. The summed E-state index contributed by atoms with van der Waals surface area (Å²) in [5, 5.41) is 3.13. The highest BCUT2D eigenvalue weighted by Gasteiger charge is 2.13. The van der Waals surface area contributed by atoms with Crippen LogP contribution in [-0.4, -0.2) is 41.1 Å². The highest BCUT2D eigenvalue weighted by molar-refractivity contribution is 5.93. The van der Waals surface area contributed by atoms with Gasteiger partial charge in [-0.1, -0.05) is 12.1 Å². The van der Waals surface area contributed by atoms with E-state index in [-0.39, 0.29) is 12.1 Å². The van der Waals surface area contributed by atoms with Crippen LogP contribution in [0.5, 0.6) is 0 Å². The number of nitrogens with zero attached hydrogens (tertiary/aromatic N) is 3. The van der Waals surface area contributed by atoms with Crippen LogP contribution < -0.4 is 15.8 Å². The molecule has 0 saturated carbocycles. The number of rotatable bonds is 6. The first-order valence-electron chi connectivity index (χ1n) is 10.3. The molecule has 0 aliphatic carbocycles. The van der Waals surface area contributed by atoms with Gasteiger partial charge in [-0.2, -0.15) is 0 Å². The summed E-state index contributed by atoms with van der Waals surface area (Å²) in [6.45, 7) is 1.37. The molecule has 31 heavy (non-hydrogen) atoms. The van der Waals surface area contributed by atoms with Crippen molar-refractivity contribution in [3.05, 3.63) is 65.2 Å². The summed E-state index contributed by atoms with van der Waals surface area (Å²) in [6, 6.07) is 14.5. The number of ether oxygens (including phenoxy) is 1. The van der Waals surface area contributed by atoms with Crippen molar-refractivity contribution < 1.29 is 14.3 Å². The Bertz CT molecular complexity index is 1130. The third-order valence-corrected chi connectivity index (χ3v) is 5.27. The third-order valence-electron chi connectivity index (χ3n) is 5.27. The Morgan fingerprint density at radius 3 is 2.52 bits per heavy atom. The van der Waals surface area contributed by atoms with Crippen LogP contribution in [0.2, 0.25) is 0 Å². The SMILES string of the molecule is O=C(COC(=O)Cn1cnc2ccccc2c1=O)Nc1ccc(N2CCCCC2)cc1. The number of benzene rings is 2. The van der Waals surface area contributed by atoms with Crippen molar-refractivity contribution in [3.63, 3.8) is 0 Å². The summed E-state index contributed by atoms with van der Waals surface area (Å²) in [5.74, 6) is -1.13. The van der Waals surface area contributed by atoms with E-state index in [2.05, 4.69) is 15.2 Å².